The van der Waals surface area contributed by atoms with E-state index in [4.69, 9.17) is 10.5 Å². The Kier molecular flexibility index (Phi) is 11.3. The van der Waals surface area contributed by atoms with Crippen LogP contribution in [-0.4, -0.2) is 46.9 Å². The van der Waals surface area contributed by atoms with Crippen LogP contribution in [0.2, 0.25) is 0 Å². The first kappa shape index (κ1) is 32.3. The van der Waals surface area contributed by atoms with Crippen molar-refractivity contribution in [1.29, 1.82) is 0 Å². The Morgan fingerprint density at radius 3 is 1.93 bits per heavy atom. The second kappa shape index (κ2) is 14.0. The zero-order valence-corrected chi connectivity index (χ0v) is 25.0. The average molecular weight is 553 g/mol. The van der Waals surface area contributed by atoms with Gasteiger partial charge in [-0.2, -0.15) is 0 Å². The zero-order chi connectivity index (χ0) is 30.2. The summed E-state index contributed by atoms with van der Waals surface area (Å²) in [6, 6.07) is 9.06. The van der Waals surface area contributed by atoms with E-state index in [9.17, 15) is 19.2 Å². The van der Waals surface area contributed by atoms with E-state index in [-0.39, 0.29) is 6.54 Å². The number of carbonyl (C=O) groups is 4. The van der Waals surface area contributed by atoms with Gasteiger partial charge in [0, 0.05) is 12.2 Å². The molecule has 2 atom stereocenters. The van der Waals surface area contributed by atoms with Crippen molar-refractivity contribution in [2.75, 3.05) is 11.9 Å². The van der Waals surface area contributed by atoms with Crippen molar-refractivity contribution in [3.8, 4) is 0 Å². The lowest BCUT2D eigenvalue weighted by molar-refractivity contribution is -0.142. The molecule has 0 aliphatic carbocycles. The van der Waals surface area contributed by atoms with Gasteiger partial charge >= 0.3 is 6.09 Å². The Bertz CT molecular complexity index is 1190. The van der Waals surface area contributed by atoms with E-state index in [1.165, 1.54) is 4.90 Å². The lowest BCUT2D eigenvalue weighted by Crippen LogP contribution is -2.54. The third-order valence-corrected chi connectivity index (χ3v) is 6.53. The predicted molar refractivity (Wildman–Crippen MR) is 157 cm³/mol. The summed E-state index contributed by atoms with van der Waals surface area (Å²) in [4.78, 5) is 54.5. The van der Waals surface area contributed by atoms with Crippen LogP contribution < -0.4 is 16.4 Å². The molecule has 2 aromatic carbocycles. The van der Waals surface area contributed by atoms with Crippen LogP contribution in [-0.2, 0) is 19.1 Å². The number of ether oxygens (including phenoxy) is 1. The highest BCUT2D eigenvalue weighted by Crippen LogP contribution is 2.31. The van der Waals surface area contributed by atoms with Crippen molar-refractivity contribution in [2.45, 2.75) is 92.3 Å². The standard InChI is InChI=1S/C31H44N4O5/c1-9-10-17-35(29(38)23(18-24(32)36)33-30(39)40-31(6,7)8)27(25-19(2)13-11-14-20(25)3)28(37)34-26-21(4)15-12-16-22(26)5/h11-16,23,27H,9-10,17-18H2,1-8H3,(H2,32,36)(H,33,39)(H,34,37). The lowest BCUT2D eigenvalue weighted by Gasteiger charge is -2.35. The predicted octanol–water partition coefficient (Wildman–Crippen LogP) is 5.00. The van der Waals surface area contributed by atoms with Gasteiger partial charge in [-0.05, 0) is 82.7 Å². The van der Waals surface area contributed by atoms with Crippen LogP contribution in [0, 0.1) is 27.7 Å². The third-order valence-electron chi connectivity index (χ3n) is 6.53. The Morgan fingerprint density at radius 2 is 1.45 bits per heavy atom. The fourth-order valence-electron chi connectivity index (χ4n) is 4.64. The molecule has 218 valence electrons. The molecule has 0 bridgehead atoms. The number of nitrogens with two attached hydrogens (primary N) is 1. The quantitative estimate of drug-likeness (QED) is 0.361. The fraction of sp³-hybridized carbons (Fsp3) is 0.484. The van der Waals surface area contributed by atoms with Crippen LogP contribution in [0.5, 0.6) is 0 Å². The average Bonchev–Trinajstić information content (AvgIpc) is 2.83. The number of benzene rings is 2. The molecule has 2 rings (SSSR count). The molecule has 9 heteroatoms. The second-order valence-corrected chi connectivity index (χ2v) is 11.2. The molecule has 0 aliphatic rings. The van der Waals surface area contributed by atoms with Gasteiger partial charge in [0.05, 0.1) is 6.42 Å². The summed E-state index contributed by atoms with van der Waals surface area (Å²) in [6.07, 6.45) is 0.0474. The highest BCUT2D eigenvalue weighted by atomic mass is 16.6. The van der Waals surface area contributed by atoms with Gasteiger partial charge in [-0.25, -0.2) is 4.79 Å². The van der Waals surface area contributed by atoms with Gasteiger partial charge in [-0.15, -0.1) is 0 Å². The van der Waals surface area contributed by atoms with Crippen LogP contribution in [0.4, 0.5) is 10.5 Å². The van der Waals surface area contributed by atoms with E-state index in [1.54, 1.807) is 20.8 Å². The first-order valence-corrected chi connectivity index (χ1v) is 13.7. The topological polar surface area (TPSA) is 131 Å². The normalized spacial score (nSPS) is 12.7. The van der Waals surface area contributed by atoms with Crippen molar-refractivity contribution < 1.29 is 23.9 Å². The zero-order valence-electron chi connectivity index (χ0n) is 25.0. The summed E-state index contributed by atoms with van der Waals surface area (Å²) >= 11 is 0. The number of unbranched alkanes of at least 4 members (excludes halogenated alkanes) is 1. The number of anilines is 1. The van der Waals surface area contributed by atoms with Crippen LogP contribution in [0.25, 0.3) is 0 Å². The maximum absolute atomic E-state index is 14.2. The summed E-state index contributed by atoms with van der Waals surface area (Å²) in [7, 11) is 0. The Morgan fingerprint density at radius 1 is 0.925 bits per heavy atom. The molecular weight excluding hydrogens is 508 g/mol. The molecule has 0 fully saturated rings. The number of aryl methyl sites for hydroxylation is 4. The molecule has 0 radical (unpaired) electrons. The number of para-hydroxylation sites is 1. The number of amides is 4. The van der Waals surface area contributed by atoms with Gasteiger partial charge in [0.15, 0.2) is 0 Å². The Hall–Kier alpha value is -3.88. The van der Waals surface area contributed by atoms with Gasteiger partial charge in [0.25, 0.3) is 5.91 Å². The van der Waals surface area contributed by atoms with Crippen LogP contribution in [0.1, 0.15) is 80.8 Å². The number of hydrogen-bond donors (Lipinski definition) is 3. The van der Waals surface area contributed by atoms with Crippen molar-refractivity contribution in [1.82, 2.24) is 10.2 Å². The highest BCUT2D eigenvalue weighted by molar-refractivity contribution is 6.00. The molecule has 0 spiro atoms. The van der Waals surface area contributed by atoms with Crippen molar-refractivity contribution in [2.24, 2.45) is 5.73 Å². The number of nitrogens with one attached hydrogen (secondary N) is 2. The lowest BCUT2D eigenvalue weighted by atomic mass is 9.93. The monoisotopic (exact) mass is 552 g/mol. The minimum absolute atomic E-state index is 0.221. The molecule has 0 aromatic heterocycles. The number of rotatable bonds is 11. The largest absolute Gasteiger partial charge is 0.444 e. The SMILES string of the molecule is CCCCN(C(=O)C(CC(N)=O)NC(=O)OC(C)(C)C)C(C(=O)Nc1c(C)cccc1C)c1c(C)cccc1C. The molecule has 4 N–H and O–H groups in total. The first-order chi connectivity index (χ1) is 18.7. The van der Waals surface area contributed by atoms with E-state index in [0.717, 1.165) is 28.7 Å². The summed E-state index contributed by atoms with van der Waals surface area (Å²) in [5.41, 5.74) is 9.47. The molecular formula is C31H44N4O5. The highest BCUT2D eigenvalue weighted by Gasteiger charge is 2.38. The fourth-order valence-corrected chi connectivity index (χ4v) is 4.64. The summed E-state index contributed by atoms with van der Waals surface area (Å²) < 4.78 is 5.34. The third kappa shape index (κ3) is 8.83. The molecule has 9 nitrogen and oxygen atoms in total. The molecule has 0 heterocycles. The summed E-state index contributed by atoms with van der Waals surface area (Å²) in [6.45, 7) is 14.9. The minimum atomic E-state index is -1.32. The minimum Gasteiger partial charge on any atom is -0.444 e. The first-order valence-electron chi connectivity index (χ1n) is 13.7. The molecule has 0 saturated carbocycles. The van der Waals surface area contributed by atoms with E-state index in [1.807, 2.05) is 71.0 Å². The molecule has 4 amide bonds. The molecule has 2 unspecified atom stereocenters. The maximum Gasteiger partial charge on any atom is 0.408 e. The van der Waals surface area contributed by atoms with Crippen molar-refractivity contribution in [3.63, 3.8) is 0 Å². The van der Waals surface area contributed by atoms with Crippen molar-refractivity contribution >= 4 is 29.5 Å². The van der Waals surface area contributed by atoms with Crippen molar-refractivity contribution in [3.05, 3.63) is 64.2 Å². The summed E-state index contributed by atoms with van der Waals surface area (Å²) in [5, 5.41) is 5.58. The second-order valence-electron chi connectivity index (χ2n) is 11.2. The molecule has 2 aromatic rings. The summed E-state index contributed by atoms with van der Waals surface area (Å²) in [5.74, 6) is -1.76. The number of primary amides is 1. The number of alkyl carbamates (subject to hydrolysis) is 1. The molecule has 0 aliphatic heterocycles. The van der Waals surface area contributed by atoms with Gasteiger partial charge in [-0.3, -0.25) is 14.4 Å². The smallest absolute Gasteiger partial charge is 0.408 e. The number of nitrogens with zero attached hydrogens (tertiary/aromatic N) is 1. The van der Waals surface area contributed by atoms with Gasteiger partial charge in [0.1, 0.15) is 17.7 Å². The maximum atomic E-state index is 14.2. The van der Waals surface area contributed by atoms with E-state index < -0.39 is 47.9 Å². The Balaban J connectivity index is 2.65. The van der Waals surface area contributed by atoms with Crippen LogP contribution in [0.15, 0.2) is 36.4 Å². The molecule has 0 saturated heterocycles. The van der Waals surface area contributed by atoms with E-state index >= 15 is 0 Å². The van der Waals surface area contributed by atoms with Gasteiger partial charge in [0.2, 0.25) is 11.8 Å². The van der Waals surface area contributed by atoms with Gasteiger partial charge in [-0.1, -0.05) is 49.7 Å². The number of hydrogen-bond acceptors (Lipinski definition) is 5. The number of carbonyl (C=O) groups excluding carboxylic acids is 4. The van der Waals surface area contributed by atoms with E-state index in [0.29, 0.717) is 17.7 Å². The Labute approximate surface area is 237 Å². The van der Waals surface area contributed by atoms with E-state index in [2.05, 4.69) is 10.6 Å². The van der Waals surface area contributed by atoms with Crippen LogP contribution >= 0.6 is 0 Å². The van der Waals surface area contributed by atoms with Crippen LogP contribution in [0.3, 0.4) is 0 Å². The van der Waals surface area contributed by atoms with Gasteiger partial charge < -0.3 is 26.0 Å². The molecule has 40 heavy (non-hydrogen) atoms.